The minimum absolute atomic E-state index is 0.106. The molecular formula is C32H40Cl2N4O4S. The van der Waals surface area contributed by atoms with Crippen molar-refractivity contribution in [1.29, 1.82) is 0 Å². The van der Waals surface area contributed by atoms with Crippen LogP contribution in [0, 0.1) is 13.8 Å². The number of aryl methyl sites for hydroxylation is 2. The third kappa shape index (κ3) is 8.72. The number of benzene rings is 3. The molecule has 0 radical (unpaired) electrons. The molecular weight excluding hydrogens is 607 g/mol. The van der Waals surface area contributed by atoms with E-state index in [0.717, 1.165) is 19.7 Å². The number of anilines is 1. The average Bonchev–Trinajstić information content (AvgIpc) is 2.96. The second-order valence-corrected chi connectivity index (χ2v) is 13.7. The van der Waals surface area contributed by atoms with Gasteiger partial charge in [0, 0.05) is 48.7 Å². The Kier molecular flexibility index (Phi) is 12.0. The summed E-state index contributed by atoms with van der Waals surface area (Å²) in [6.45, 7) is 6.83. The molecule has 0 aliphatic carbocycles. The lowest BCUT2D eigenvalue weighted by atomic mass is 10.0. The molecule has 2 atom stereocenters. The number of nitrogens with one attached hydrogen (secondary N) is 1. The molecule has 232 valence electrons. The normalized spacial score (nSPS) is 13.0. The van der Waals surface area contributed by atoms with E-state index in [4.69, 9.17) is 23.2 Å². The van der Waals surface area contributed by atoms with Crippen molar-refractivity contribution in [3.05, 3.63) is 99.0 Å². The zero-order valence-electron chi connectivity index (χ0n) is 25.5. The van der Waals surface area contributed by atoms with Crippen LogP contribution in [0.25, 0.3) is 0 Å². The molecule has 11 heteroatoms. The fourth-order valence-corrected chi connectivity index (χ4v) is 6.17. The maximum absolute atomic E-state index is 14.4. The van der Waals surface area contributed by atoms with Gasteiger partial charge in [-0.1, -0.05) is 78.7 Å². The third-order valence-corrected chi connectivity index (χ3v) is 9.83. The van der Waals surface area contributed by atoms with E-state index < -0.39 is 28.7 Å². The third-order valence-electron chi connectivity index (χ3n) is 7.31. The second-order valence-electron chi connectivity index (χ2n) is 10.8. The second kappa shape index (κ2) is 15.1. The minimum Gasteiger partial charge on any atom is -0.352 e. The van der Waals surface area contributed by atoms with Crippen molar-refractivity contribution in [3.8, 4) is 0 Å². The van der Waals surface area contributed by atoms with Gasteiger partial charge in [0.1, 0.15) is 12.6 Å². The van der Waals surface area contributed by atoms with Gasteiger partial charge in [0.2, 0.25) is 11.8 Å². The Balaban J connectivity index is 2.18. The molecule has 0 aromatic heterocycles. The summed E-state index contributed by atoms with van der Waals surface area (Å²) in [7, 11) is -1.28. The lowest BCUT2D eigenvalue weighted by Crippen LogP contribution is -2.55. The fraction of sp³-hybridized carbons (Fsp3) is 0.375. The van der Waals surface area contributed by atoms with Crippen LogP contribution < -0.4 is 9.62 Å². The summed E-state index contributed by atoms with van der Waals surface area (Å²) in [6.07, 6.45) is 0.885. The number of rotatable bonds is 13. The van der Waals surface area contributed by atoms with Crippen LogP contribution in [0.1, 0.15) is 42.5 Å². The van der Waals surface area contributed by atoms with E-state index in [0.29, 0.717) is 33.3 Å². The fourth-order valence-electron chi connectivity index (χ4n) is 4.54. The van der Waals surface area contributed by atoms with Gasteiger partial charge in [0.25, 0.3) is 0 Å². The summed E-state index contributed by atoms with van der Waals surface area (Å²) < 4.78 is 29.5. The molecule has 3 aromatic carbocycles. The molecule has 2 amide bonds. The highest BCUT2D eigenvalue weighted by atomic mass is 35.5. The van der Waals surface area contributed by atoms with Crippen molar-refractivity contribution >= 4 is 50.9 Å². The zero-order chi connectivity index (χ0) is 31.9. The van der Waals surface area contributed by atoms with E-state index in [-0.39, 0.29) is 24.9 Å². The molecule has 0 unspecified atom stereocenters. The van der Waals surface area contributed by atoms with E-state index >= 15 is 0 Å². The molecule has 0 bridgehead atoms. The smallest absolute Gasteiger partial charge is 0.304 e. The summed E-state index contributed by atoms with van der Waals surface area (Å²) in [6, 6.07) is 18.7. The Morgan fingerprint density at radius 1 is 0.930 bits per heavy atom. The average molecular weight is 648 g/mol. The predicted molar refractivity (Wildman–Crippen MR) is 175 cm³/mol. The van der Waals surface area contributed by atoms with Crippen molar-refractivity contribution in [2.75, 3.05) is 24.9 Å². The Hall–Kier alpha value is -3.11. The largest absolute Gasteiger partial charge is 0.352 e. The van der Waals surface area contributed by atoms with Crippen LogP contribution in [0.5, 0.6) is 0 Å². The van der Waals surface area contributed by atoms with Crippen molar-refractivity contribution in [1.82, 2.24) is 14.5 Å². The number of hydrogen-bond acceptors (Lipinski definition) is 4. The van der Waals surface area contributed by atoms with E-state index in [1.807, 2.05) is 63.2 Å². The van der Waals surface area contributed by atoms with E-state index in [2.05, 4.69) is 5.32 Å². The number of carbonyl (C=O) groups is 2. The van der Waals surface area contributed by atoms with Gasteiger partial charge < -0.3 is 10.2 Å². The molecule has 0 aliphatic rings. The SMILES string of the molecule is CC[C@@H](C)NC(=O)[C@H](Cc1ccccc1)N(Cc1c(Cl)cccc1Cl)C(=O)CN(c1cc(C)ccc1C)S(=O)(=O)N(C)C. The van der Waals surface area contributed by atoms with Gasteiger partial charge in [-0.25, -0.2) is 4.31 Å². The summed E-state index contributed by atoms with van der Waals surface area (Å²) in [5, 5.41) is 3.68. The summed E-state index contributed by atoms with van der Waals surface area (Å²) in [4.78, 5) is 29.7. The monoisotopic (exact) mass is 646 g/mol. The van der Waals surface area contributed by atoms with Crippen molar-refractivity contribution in [2.24, 2.45) is 0 Å². The Bertz CT molecular complexity index is 1510. The van der Waals surface area contributed by atoms with Crippen LogP contribution in [0.4, 0.5) is 5.69 Å². The van der Waals surface area contributed by atoms with Crippen molar-refractivity contribution in [3.63, 3.8) is 0 Å². The molecule has 43 heavy (non-hydrogen) atoms. The van der Waals surface area contributed by atoms with Gasteiger partial charge in [0.05, 0.1) is 5.69 Å². The highest BCUT2D eigenvalue weighted by Gasteiger charge is 2.36. The molecule has 0 fully saturated rings. The lowest BCUT2D eigenvalue weighted by molar-refractivity contribution is -0.140. The standard InChI is InChI=1S/C32H40Cl2N4O4S/c1-7-24(4)35-32(40)30(19-25-12-9-8-10-13-25)37(20-26-27(33)14-11-15-28(26)34)31(39)21-38(43(41,42)36(5)6)29-18-22(2)16-17-23(29)3/h8-18,24,30H,7,19-21H2,1-6H3,(H,35,40)/t24-,30+/m1/s1. The first kappa shape index (κ1) is 34.4. The number of carbonyl (C=O) groups excluding carboxylic acids is 2. The van der Waals surface area contributed by atoms with Crippen LogP contribution in [0.3, 0.4) is 0 Å². The van der Waals surface area contributed by atoms with Gasteiger partial charge in [-0.3, -0.25) is 9.59 Å². The van der Waals surface area contributed by atoms with Gasteiger partial charge >= 0.3 is 10.2 Å². The first-order chi connectivity index (χ1) is 20.3. The molecule has 1 N–H and O–H groups in total. The summed E-state index contributed by atoms with van der Waals surface area (Å²) >= 11 is 13.1. The molecule has 3 rings (SSSR count). The van der Waals surface area contributed by atoms with Gasteiger partial charge in [-0.2, -0.15) is 12.7 Å². The lowest BCUT2D eigenvalue weighted by Gasteiger charge is -2.35. The minimum atomic E-state index is -4.11. The number of halogens is 2. The highest BCUT2D eigenvalue weighted by molar-refractivity contribution is 7.90. The summed E-state index contributed by atoms with van der Waals surface area (Å²) in [5.74, 6) is -0.939. The highest BCUT2D eigenvalue weighted by Crippen LogP contribution is 2.29. The first-order valence-corrected chi connectivity index (χ1v) is 16.3. The van der Waals surface area contributed by atoms with Gasteiger partial charge in [-0.15, -0.1) is 0 Å². The van der Waals surface area contributed by atoms with Crippen molar-refractivity contribution in [2.45, 2.75) is 59.2 Å². The Morgan fingerprint density at radius 3 is 2.14 bits per heavy atom. The Morgan fingerprint density at radius 2 is 1.56 bits per heavy atom. The zero-order valence-corrected chi connectivity index (χ0v) is 27.8. The topological polar surface area (TPSA) is 90.0 Å². The van der Waals surface area contributed by atoms with E-state index in [1.54, 1.807) is 31.2 Å². The molecule has 0 heterocycles. The van der Waals surface area contributed by atoms with Gasteiger partial charge in [-0.05, 0) is 62.1 Å². The Labute approximate surface area is 265 Å². The predicted octanol–water partition coefficient (Wildman–Crippen LogP) is 5.78. The van der Waals surface area contributed by atoms with Crippen LogP contribution in [-0.2, 0) is 32.8 Å². The quantitative estimate of drug-likeness (QED) is 0.255. The van der Waals surface area contributed by atoms with Crippen LogP contribution >= 0.6 is 23.2 Å². The number of nitrogens with zero attached hydrogens (tertiary/aromatic N) is 3. The van der Waals surface area contributed by atoms with Crippen LogP contribution in [0.2, 0.25) is 10.0 Å². The molecule has 0 aliphatic heterocycles. The molecule has 0 saturated carbocycles. The molecule has 3 aromatic rings. The number of hydrogen-bond donors (Lipinski definition) is 1. The van der Waals surface area contributed by atoms with Gasteiger partial charge in [0.15, 0.2) is 0 Å². The molecule has 0 saturated heterocycles. The number of amides is 2. The van der Waals surface area contributed by atoms with E-state index in [9.17, 15) is 18.0 Å². The summed E-state index contributed by atoms with van der Waals surface area (Å²) in [5.41, 5.74) is 3.19. The molecule has 0 spiro atoms. The maximum atomic E-state index is 14.4. The molecule has 8 nitrogen and oxygen atoms in total. The van der Waals surface area contributed by atoms with Crippen molar-refractivity contribution < 1.29 is 18.0 Å². The van der Waals surface area contributed by atoms with E-state index in [1.165, 1.54) is 19.0 Å². The van der Waals surface area contributed by atoms with Crippen LogP contribution in [-0.4, -0.2) is 62.2 Å². The maximum Gasteiger partial charge on any atom is 0.304 e. The van der Waals surface area contributed by atoms with Crippen LogP contribution in [0.15, 0.2) is 66.7 Å². The first-order valence-electron chi connectivity index (χ1n) is 14.1.